The van der Waals surface area contributed by atoms with Crippen LogP contribution in [0.5, 0.6) is 0 Å². The van der Waals surface area contributed by atoms with Gasteiger partial charge in [-0.2, -0.15) is 0 Å². The number of nitrogens with one attached hydrogen (secondary N) is 1. The number of amides is 2. The number of carbonyl (C=O) groups excluding carboxylic acids is 2. The number of rotatable bonds is 5. The third-order valence-electron chi connectivity index (χ3n) is 2.89. The summed E-state index contributed by atoms with van der Waals surface area (Å²) in [7, 11) is 1.68. The molecule has 1 heterocycles. The van der Waals surface area contributed by atoms with Gasteiger partial charge in [0.2, 0.25) is 5.91 Å². The maximum absolute atomic E-state index is 13.0. The molecule has 0 radical (unpaired) electrons. The zero-order chi connectivity index (χ0) is 15.2. The number of likely N-dealkylation sites (N-methyl/N-ethyl adjacent to an activating group) is 1. The Bertz CT molecular complexity index is 628. The summed E-state index contributed by atoms with van der Waals surface area (Å²) in [5.74, 6) is -1.15. The van der Waals surface area contributed by atoms with Crippen LogP contribution in [0.25, 0.3) is 0 Å². The highest BCUT2D eigenvalue weighted by molar-refractivity contribution is 7.09. The first-order chi connectivity index (χ1) is 10.1. The van der Waals surface area contributed by atoms with Crippen molar-refractivity contribution in [1.29, 1.82) is 0 Å². The molecule has 0 bridgehead atoms. The third kappa shape index (κ3) is 4.39. The van der Waals surface area contributed by atoms with E-state index in [1.54, 1.807) is 18.4 Å². The van der Waals surface area contributed by atoms with Crippen LogP contribution in [0.2, 0.25) is 0 Å². The molecular formula is C15H15FN2O2S. The smallest absolute Gasteiger partial charge is 0.251 e. The molecule has 0 aliphatic heterocycles. The number of thiophene rings is 1. The quantitative estimate of drug-likeness (QED) is 0.921. The minimum absolute atomic E-state index is 0.114. The predicted molar refractivity (Wildman–Crippen MR) is 79.5 cm³/mol. The van der Waals surface area contributed by atoms with E-state index in [0.29, 0.717) is 6.54 Å². The Morgan fingerprint density at radius 3 is 2.76 bits per heavy atom. The summed E-state index contributed by atoms with van der Waals surface area (Å²) in [5, 5.41) is 4.44. The van der Waals surface area contributed by atoms with Gasteiger partial charge in [0.25, 0.3) is 5.91 Å². The number of halogens is 1. The van der Waals surface area contributed by atoms with Crippen LogP contribution in [0.4, 0.5) is 4.39 Å². The molecule has 2 aromatic rings. The monoisotopic (exact) mass is 306 g/mol. The second-order valence-electron chi connectivity index (χ2n) is 4.52. The lowest BCUT2D eigenvalue weighted by atomic mass is 10.2. The Hall–Kier alpha value is -2.21. The fourth-order valence-corrected chi connectivity index (χ4v) is 2.50. The average Bonchev–Trinajstić information content (AvgIpc) is 2.97. The van der Waals surface area contributed by atoms with E-state index in [4.69, 9.17) is 0 Å². The van der Waals surface area contributed by atoms with Crippen molar-refractivity contribution in [3.05, 3.63) is 58.0 Å². The van der Waals surface area contributed by atoms with E-state index >= 15 is 0 Å². The number of hydrogen-bond acceptors (Lipinski definition) is 3. The van der Waals surface area contributed by atoms with Gasteiger partial charge >= 0.3 is 0 Å². The van der Waals surface area contributed by atoms with Gasteiger partial charge in [-0.05, 0) is 29.6 Å². The number of nitrogens with zero attached hydrogens (tertiary/aromatic N) is 1. The molecule has 6 heteroatoms. The Kier molecular flexibility index (Phi) is 5.05. The molecule has 0 saturated carbocycles. The summed E-state index contributed by atoms with van der Waals surface area (Å²) in [6, 6.07) is 9.21. The molecule has 0 spiro atoms. The molecule has 2 rings (SSSR count). The van der Waals surface area contributed by atoms with Crippen LogP contribution in [0.1, 0.15) is 15.2 Å². The molecule has 0 atom stereocenters. The molecule has 0 aliphatic rings. The Morgan fingerprint density at radius 2 is 2.10 bits per heavy atom. The van der Waals surface area contributed by atoms with Crippen LogP contribution in [-0.4, -0.2) is 30.3 Å². The maximum atomic E-state index is 13.0. The zero-order valence-electron chi connectivity index (χ0n) is 11.5. The van der Waals surface area contributed by atoms with Gasteiger partial charge in [0.1, 0.15) is 5.82 Å². The predicted octanol–water partition coefficient (Wildman–Crippen LogP) is 2.28. The van der Waals surface area contributed by atoms with E-state index in [0.717, 1.165) is 10.9 Å². The summed E-state index contributed by atoms with van der Waals surface area (Å²) in [6.45, 7) is 0.392. The Morgan fingerprint density at radius 1 is 1.29 bits per heavy atom. The van der Waals surface area contributed by atoms with E-state index in [2.05, 4.69) is 5.32 Å². The summed E-state index contributed by atoms with van der Waals surface area (Å²) in [4.78, 5) is 26.3. The number of carbonyl (C=O) groups is 2. The number of benzene rings is 1. The molecule has 0 fully saturated rings. The van der Waals surface area contributed by atoms with Gasteiger partial charge in [0, 0.05) is 17.5 Å². The van der Waals surface area contributed by atoms with Crippen molar-refractivity contribution in [3.63, 3.8) is 0 Å². The summed E-state index contributed by atoms with van der Waals surface area (Å²) < 4.78 is 13.0. The van der Waals surface area contributed by atoms with E-state index in [1.807, 2.05) is 17.5 Å². The highest BCUT2D eigenvalue weighted by Crippen LogP contribution is 2.10. The molecule has 1 aromatic heterocycles. The van der Waals surface area contributed by atoms with Gasteiger partial charge in [-0.3, -0.25) is 9.59 Å². The lowest BCUT2D eigenvalue weighted by Crippen LogP contribution is -2.37. The maximum Gasteiger partial charge on any atom is 0.251 e. The van der Waals surface area contributed by atoms with Crippen LogP contribution >= 0.6 is 11.3 Å². The van der Waals surface area contributed by atoms with Gasteiger partial charge in [-0.1, -0.05) is 12.1 Å². The van der Waals surface area contributed by atoms with E-state index in [1.165, 1.54) is 23.1 Å². The van der Waals surface area contributed by atoms with Crippen LogP contribution in [-0.2, 0) is 11.3 Å². The fourth-order valence-electron chi connectivity index (χ4n) is 1.75. The second kappa shape index (κ2) is 6.99. The highest BCUT2D eigenvalue weighted by atomic mass is 32.1. The normalized spacial score (nSPS) is 10.2. The molecule has 1 aromatic carbocycles. The zero-order valence-corrected chi connectivity index (χ0v) is 12.3. The lowest BCUT2D eigenvalue weighted by Gasteiger charge is -2.16. The van der Waals surface area contributed by atoms with Crippen LogP contribution in [0, 0.1) is 5.82 Å². The van der Waals surface area contributed by atoms with Crippen molar-refractivity contribution in [2.75, 3.05) is 13.6 Å². The largest absolute Gasteiger partial charge is 0.343 e. The third-order valence-corrected chi connectivity index (χ3v) is 3.75. The van der Waals surface area contributed by atoms with Gasteiger partial charge in [0.15, 0.2) is 0 Å². The minimum Gasteiger partial charge on any atom is -0.343 e. The summed E-state index contributed by atoms with van der Waals surface area (Å²) in [5.41, 5.74) is 0.198. The van der Waals surface area contributed by atoms with Crippen molar-refractivity contribution >= 4 is 23.2 Å². The SMILES string of the molecule is CN(Cc1cccs1)C(=O)CNC(=O)c1cccc(F)c1. The van der Waals surface area contributed by atoms with Crippen LogP contribution in [0.3, 0.4) is 0 Å². The van der Waals surface area contributed by atoms with E-state index in [9.17, 15) is 14.0 Å². The first-order valence-corrected chi connectivity index (χ1v) is 7.24. The van der Waals surface area contributed by atoms with Crippen molar-refractivity contribution in [1.82, 2.24) is 10.2 Å². The van der Waals surface area contributed by atoms with Crippen LogP contribution < -0.4 is 5.32 Å². The molecule has 110 valence electrons. The molecule has 4 nitrogen and oxygen atoms in total. The summed E-state index contributed by atoms with van der Waals surface area (Å²) in [6.07, 6.45) is 0. The molecule has 1 N–H and O–H groups in total. The van der Waals surface area contributed by atoms with Crippen LogP contribution in [0.15, 0.2) is 41.8 Å². The Labute approximate surface area is 126 Å². The minimum atomic E-state index is -0.483. The average molecular weight is 306 g/mol. The molecule has 21 heavy (non-hydrogen) atoms. The van der Waals surface area contributed by atoms with Gasteiger partial charge < -0.3 is 10.2 Å². The standard InChI is InChI=1S/C15H15FN2O2S/c1-18(10-13-6-3-7-21-13)14(19)9-17-15(20)11-4-2-5-12(16)8-11/h2-8H,9-10H2,1H3,(H,17,20). The molecular weight excluding hydrogens is 291 g/mol. The molecule has 0 saturated heterocycles. The topological polar surface area (TPSA) is 49.4 Å². The highest BCUT2D eigenvalue weighted by Gasteiger charge is 2.12. The van der Waals surface area contributed by atoms with Crippen molar-refractivity contribution < 1.29 is 14.0 Å². The molecule has 0 aliphatic carbocycles. The molecule has 0 unspecified atom stereocenters. The van der Waals surface area contributed by atoms with E-state index < -0.39 is 11.7 Å². The van der Waals surface area contributed by atoms with Gasteiger partial charge in [0.05, 0.1) is 13.1 Å². The van der Waals surface area contributed by atoms with Crippen molar-refractivity contribution in [2.24, 2.45) is 0 Å². The van der Waals surface area contributed by atoms with E-state index in [-0.39, 0.29) is 18.0 Å². The lowest BCUT2D eigenvalue weighted by molar-refractivity contribution is -0.129. The second-order valence-corrected chi connectivity index (χ2v) is 5.55. The summed E-state index contributed by atoms with van der Waals surface area (Å²) >= 11 is 1.57. The van der Waals surface area contributed by atoms with Crippen molar-refractivity contribution in [3.8, 4) is 0 Å². The number of hydrogen-bond donors (Lipinski definition) is 1. The fraction of sp³-hybridized carbons (Fsp3) is 0.200. The van der Waals surface area contributed by atoms with Gasteiger partial charge in [-0.15, -0.1) is 11.3 Å². The van der Waals surface area contributed by atoms with Crippen molar-refractivity contribution in [2.45, 2.75) is 6.54 Å². The Balaban J connectivity index is 1.84. The first-order valence-electron chi connectivity index (χ1n) is 6.36. The van der Waals surface area contributed by atoms with Gasteiger partial charge in [-0.25, -0.2) is 4.39 Å². The molecule has 2 amide bonds. The first kappa shape index (κ1) is 15.2.